The average molecular weight is 349 g/mol. The molecule has 0 aliphatic carbocycles. The van der Waals surface area contributed by atoms with Gasteiger partial charge in [-0.05, 0) is 6.42 Å². The Morgan fingerprint density at radius 3 is 2.60 bits per heavy atom. The van der Waals surface area contributed by atoms with Crippen molar-refractivity contribution in [3.63, 3.8) is 0 Å². The second-order valence-electron chi connectivity index (χ2n) is 5.51. The van der Waals surface area contributed by atoms with E-state index in [1.54, 1.807) is 26.7 Å². The maximum Gasteiger partial charge on any atom is 0.157 e. The number of anilines is 3. The first-order valence-electron chi connectivity index (χ1n) is 8.29. The van der Waals surface area contributed by atoms with Gasteiger partial charge in [-0.3, -0.25) is 0 Å². The number of nitrogens with one attached hydrogen (secondary N) is 1. The summed E-state index contributed by atoms with van der Waals surface area (Å²) in [7, 11) is 3.34. The van der Waals surface area contributed by atoms with Crippen LogP contribution >= 0.6 is 0 Å². The van der Waals surface area contributed by atoms with Crippen molar-refractivity contribution in [1.82, 2.24) is 19.5 Å². The molecule has 138 valence electrons. The highest BCUT2D eigenvalue weighted by Gasteiger charge is 2.14. The predicted octanol–water partition coefficient (Wildman–Crippen LogP) is 0.857. The van der Waals surface area contributed by atoms with E-state index in [2.05, 4.69) is 20.3 Å². The molecule has 3 N–H and O–H groups in total. The highest BCUT2D eigenvalue weighted by molar-refractivity contribution is 5.74. The Morgan fingerprint density at radius 1 is 1.20 bits per heavy atom. The predicted molar refractivity (Wildman–Crippen MR) is 97.7 cm³/mol. The van der Waals surface area contributed by atoms with Gasteiger partial charge >= 0.3 is 0 Å². The van der Waals surface area contributed by atoms with Gasteiger partial charge in [0.25, 0.3) is 0 Å². The third-order valence-corrected chi connectivity index (χ3v) is 3.74. The van der Waals surface area contributed by atoms with Gasteiger partial charge in [-0.2, -0.15) is 0 Å². The van der Waals surface area contributed by atoms with Crippen molar-refractivity contribution < 1.29 is 9.47 Å². The number of rotatable bonds is 12. The molecule has 0 fully saturated rings. The minimum atomic E-state index is 0.539. The monoisotopic (exact) mass is 349 g/mol. The first kappa shape index (κ1) is 18.9. The standard InChI is InChI=1S/C16H27N7O2/c1-24-10-8-23(9-11-25-2)16-14(17)15(20-12-21-16)19-4-3-6-22-7-5-18-13-22/h5,7,12-13H,3-4,6,8-11,17H2,1-2H3,(H,19,20,21). The van der Waals surface area contributed by atoms with Crippen LogP contribution in [0.1, 0.15) is 6.42 Å². The lowest BCUT2D eigenvalue weighted by molar-refractivity contribution is 0.190. The van der Waals surface area contributed by atoms with Crippen LogP contribution in [-0.2, 0) is 16.0 Å². The molecule has 9 heteroatoms. The molecule has 9 nitrogen and oxygen atoms in total. The molecule has 2 rings (SSSR count). The summed E-state index contributed by atoms with van der Waals surface area (Å²) < 4.78 is 12.4. The molecular formula is C16H27N7O2. The Balaban J connectivity index is 1.95. The van der Waals surface area contributed by atoms with Crippen LogP contribution in [0.5, 0.6) is 0 Å². The molecule has 2 aromatic rings. The maximum absolute atomic E-state index is 6.28. The molecule has 0 aliphatic rings. The summed E-state index contributed by atoms with van der Waals surface area (Å²) in [6.45, 7) is 4.18. The Kier molecular flexibility index (Phi) is 7.93. The SMILES string of the molecule is COCCN(CCOC)c1ncnc(NCCCn2ccnc2)c1N. The zero-order valence-corrected chi connectivity index (χ0v) is 14.9. The summed E-state index contributed by atoms with van der Waals surface area (Å²) in [6, 6.07) is 0. The van der Waals surface area contributed by atoms with Crippen LogP contribution in [0.2, 0.25) is 0 Å². The normalized spacial score (nSPS) is 10.8. The molecule has 2 heterocycles. The van der Waals surface area contributed by atoms with Crippen molar-refractivity contribution in [3.05, 3.63) is 25.0 Å². The highest BCUT2D eigenvalue weighted by atomic mass is 16.5. The first-order valence-corrected chi connectivity index (χ1v) is 8.29. The minimum absolute atomic E-state index is 0.539. The molecule has 0 saturated heterocycles. The number of methoxy groups -OCH3 is 2. The number of hydrogen-bond donors (Lipinski definition) is 2. The summed E-state index contributed by atoms with van der Waals surface area (Å²) in [5.41, 5.74) is 6.82. The van der Waals surface area contributed by atoms with Gasteiger partial charge in [-0.25, -0.2) is 15.0 Å². The fourth-order valence-electron chi connectivity index (χ4n) is 2.39. The fourth-order valence-corrected chi connectivity index (χ4v) is 2.39. The number of nitrogen functional groups attached to an aromatic ring is 1. The Labute approximate surface area is 148 Å². The van der Waals surface area contributed by atoms with E-state index in [-0.39, 0.29) is 0 Å². The molecule has 0 bridgehead atoms. The van der Waals surface area contributed by atoms with E-state index in [0.29, 0.717) is 43.6 Å². The second kappa shape index (κ2) is 10.5. The molecule has 0 unspecified atom stereocenters. The van der Waals surface area contributed by atoms with Gasteiger partial charge < -0.3 is 30.0 Å². The molecule has 0 amide bonds. The van der Waals surface area contributed by atoms with Gasteiger partial charge in [0.2, 0.25) is 0 Å². The Bertz CT molecular complexity index is 599. The quantitative estimate of drug-likeness (QED) is 0.544. The van der Waals surface area contributed by atoms with Crippen LogP contribution in [0, 0.1) is 0 Å². The lowest BCUT2D eigenvalue weighted by Crippen LogP contribution is -2.32. The number of nitrogens with zero attached hydrogens (tertiary/aromatic N) is 5. The molecule has 0 atom stereocenters. The number of aryl methyl sites for hydroxylation is 1. The third-order valence-electron chi connectivity index (χ3n) is 3.74. The van der Waals surface area contributed by atoms with E-state index in [1.165, 1.54) is 6.33 Å². The van der Waals surface area contributed by atoms with Crippen molar-refractivity contribution in [1.29, 1.82) is 0 Å². The van der Waals surface area contributed by atoms with Crippen LogP contribution in [0.25, 0.3) is 0 Å². The van der Waals surface area contributed by atoms with Crippen molar-refractivity contribution in [2.75, 3.05) is 63.0 Å². The van der Waals surface area contributed by atoms with Crippen molar-refractivity contribution in [2.24, 2.45) is 0 Å². The summed E-state index contributed by atoms with van der Waals surface area (Å²) in [6.07, 6.45) is 7.99. The molecule has 25 heavy (non-hydrogen) atoms. The van der Waals surface area contributed by atoms with Gasteiger partial charge in [0.15, 0.2) is 11.6 Å². The van der Waals surface area contributed by atoms with Crippen molar-refractivity contribution in [2.45, 2.75) is 13.0 Å². The van der Waals surface area contributed by atoms with E-state index >= 15 is 0 Å². The van der Waals surface area contributed by atoms with E-state index < -0.39 is 0 Å². The van der Waals surface area contributed by atoms with Gasteiger partial charge in [-0.1, -0.05) is 0 Å². The molecular weight excluding hydrogens is 322 g/mol. The number of ether oxygens (including phenoxy) is 2. The molecule has 0 spiro atoms. The van der Waals surface area contributed by atoms with Crippen LogP contribution < -0.4 is 16.0 Å². The zero-order valence-electron chi connectivity index (χ0n) is 14.9. The van der Waals surface area contributed by atoms with E-state index in [0.717, 1.165) is 19.5 Å². The topological polar surface area (TPSA) is 103 Å². The number of hydrogen-bond acceptors (Lipinski definition) is 8. The van der Waals surface area contributed by atoms with Crippen LogP contribution in [0.4, 0.5) is 17.3 Å². The summed E-state index contributed by atoms with van der Waals surface area (Å²) in [5, 5.41) is 3.28. The number of nitrogens with two attached hydrogens (primary N) is 1. The number of aromatic nitrogens is 4. The first-order chi connectivity index (χ1) is 12.3. The third kappa shape index (κ3) is 5.87. The van der Waals surface area contributed by atoms with Crippen molar-refractivity contribution >= 4 is 17.3 Å². The van der Waals surface area contributed by atoms with Gasteiger partial charge in [-0.15, -0.1) is 0 Å². The fraction of sp³-hybridized carbons (Fsp3) is 0.562. The maximum atomic E-state index is 6.28. The Morgan fingerprint density at radius 2 is 1.96 bits per heavy atom. The van der Waals surface area contributed by atoms with Crippen LogP contribution in [0.3, 0.4) is 0 Å². The van der Waals surface area contributed by atoms with E-state index in [9.17, 15) is 0 Å². The minimum Gasteiger partial charge on any atom is -0.393 e. The van der Waals surface area contributed by atoms with Gasteiger partial charge in [0.05, 0.1) is 19.5 Å². The Hall–Kier alpha value is -2.39. The second-order valence-corrected chi connectivity index (χ2v) is 5.51. The molecule has 0 saturated carbocycles. The van der Waals surface area contributed by atoms with E-state index in [4.69, 9.17) is 15.2 Å². The van der Waals surface area contributed by atoms with Gasteiger partial charge in [0.1, 0.15) is 12.0 Å². The van der Waals surface area contributed by atoms with Crippen LogP contribution in [0.15, 0.2) is 25.0 Å². The lowest BCUT2D eigenvalue weighted by atomic mass is 10.3. The zero-order chi connectivity index (χ0) is 17.9. The molecule has 0 aliphatic heterocycles. The summed E-state index contributed by atoms with van der Waals surface area (Å²) in [5.74, 6) is 1.34. The molecule has 0 aromatic carbocycles. The lowest BCUT2D eigenvalue weighted by Gasteiger charge is -2.25. The smallest absolute Gasteiger partial charge is 0.157 e. The average Bonchev–Trinajstić information content (AvgIpc) is 3.14. The number of imidazole rings is 1. The molecule has 0 radical (unpaired) electrons. The van der Waals surface area contributed by atoms with Gasteiger partial charge in [0, 0.05) is 52.8 Å². The van der Waals surface area contributed by atoms with E-state index in [1.807, 2.05) is 15.7 Å². The van der Waals surface area contributed by atoms with Crippen molar-refractivity contribution in [3.8, 4) is 0 Å². The molecule has 2 aromatic heterocycles. The summed E-state index contributed by atoms with van der Waals surface area (Å²) >= 11 is 0. The summed E-state index contributed by atoms with van der Waals surface area (Å²) in [4.78, 5) is 14.7. The highest BCUT2D eigenvalue weighted by Crippen LogP contribution is 2.25. The van der Waals surface area contributed by atoms with Crippen LogP contribution in [-0.4, -0.2) is 66.6 Å². The largest absolute Gasteiger partial charge is 0.393 e.